The predicted molar refractivity (Wildman–Crippen MR) is 98.7 cm³/mol. The van der Waals surface area contributed by atoms with Crippen molar-refractivity contribution in [3.05, 3.63) is 78.1 Å². The lowest BCUT2D eigenvalue weighted by Crippen LogP contribution is -1.99. The van der Waals surface area contributed by atoms with E-state index in [9.17, 15) is 9.90 Å². The van der Waals surface area contributed by atoms with Gasteiger partial charge in [0, 0.05) is 28.9 Å². The fraction of sp³-hybridized carbons (Fsp3) is 0.0476. The number of nitrogens with zero attached hydrogens (tertiary/aromatic N) is 1. The van der Waals surface area contributed by atoms with E-state index in [1.165, 1.54) is 0 Å². The van der Waals surface area contributed by atoms with Crippen LogP contribution >= 0.6 is 0 Å². The number of rotatable bonds is 3. The van der Waals surface area contributed by atoms with E-state index in [0.29, 0.717) is 5.56 Å². The van der Waals surface area contributed by atoms with Crippen molar-refractivity contribution in [1.82, 2.24) is 9.97 Å². The Balaban J connectivity index is 1.85. The molecule has 0 radical (unpaired) electrons. The molecule has 0 amide bonds. The van der Waals surface area contributed by atoms with Gasteiger partial charge >= 0.3 is 5.97 Å². The maximum absolute atomic E-state index is 11.2. The molecule has 2 aromatic carbocycles. The lowest BCUT2D eigenvalue weighted by Gasteiger charge is -2.06. The fourth-order valence-corrected chi connectivity index (χ4v) is 3.10. The third-order valence-electron chi connectivity index (χ3n) is 4.41. The van der Waals surface area contributed by atoms with Gasteiger partial charge in [-0.05, 0) is 35.7 Å². The Morgan fingerprint density at radius 1 is 1.00 bits per heavy atom. The molecular weight excluding hydrogens is 312 g/mol. The number of H-pyrrole nitrogens is 1. The van der Waals surface area contributed by atoms with Crippen LogP contribution in [0.5, 0.6) is 0 Å². The molecule has 0 saturated heterocycles. The quantitative estimate of drug-likeness (QED) is 0.562. The highest BCUT2D eigenvalue weighted by Gasteiger charge is 2.12. The summed E-state index contributed by atoms with van der Waals surface area (Å²) in [5.41, 5.74) is 6.03. The number of nitrogens with one attached hydrogen (secondary N) is 1. The summed E-state index contributed by atoms with van der Waals surface area (Å²) in [5.74, 6) is -0.906. The number of hydrogen-bond acceptors (Lipinski definition) is 2. The standard InChI is InChI=1S/C21H16N2O2/c1-13-9-15(7-8-17(13)21(24)25)19-12-23-20-18(19)10-16(11-22-20)14-5-3-2-4-6-14/h2-12H,1H3,(H,22,23)(H,24,25). The summed E-state index contributed by atoms with van der Waals surface area (Å²) < 4.78 is 0. The molecule has 0 fully saturated rings. The summed E-state index contributed by atoms with van der Waals surface area (Å²) in [6.07, 6.45) is 3.78. The SMILES string of the molecule is Cc1cc(-c2c[nH]c3ncc(-c4ccccc4)cc23)ccc1C(=O)O. The van der Waals surface area contributed by atoms with Crippen LogP contribution < -0.4 is 0 Å². The number of aromatic amines is 1. The highest BCUT2D eigenvalue weighted by molar-refractivity contribution is 5.97. The molecule has 0 spiro atoms. The fourth-order valence-electron chi connectivity index (χ4n) is 3.10. The highest BCUT2D eigenvalue weighted by Crippen LogP contribution is 2.31. The first kappa shape index (κ1) is 15.1. The van der Waals surface area contributed by atoms with Gasteiger partial charge in [-0.3, -0.25) is 0 Å². The summed E-state index contributed by atoms with van der Waals surface area (Å²) in [6.45, 7) is 1.81. The second-order valence-electron chi connectivity index (χ2n) is 6.02. The lowest BCUT2D eigenvalue weighted by molar-refractivity contribution is 0.0696. The van der Waals surface area contributed by atoms with Crippen molar-refractivity contribution in [3.63, 3.8) is 0 Å². The van der Waals surface area contributed by atoms with Crippen LogP contribution in [0.25, 0.3) is 33.3 Å². The minimum atomic E-state index is -0.906. The molecule has 0 bridgehead atoms. The van der Waals surface area contributed by atoms with Crippen LogP contribution in [0.15, 0.2) is 67.0 Å². The number of carbonyl (C=O) groups is 1. The average molecular weight is 328 g/mol. The molecule has 122 valence electrons. The van der Waals surface area contributed by atoms with E-state index < -0.39 is 5.97 Å². The Labute approximate surface area is 144 Å². The first-order valence-corrected chi connectivity index (χ1v) is 8.00. The molecule has 4 nitrogen and oxygen atoms in total. The molecule has 4 heteroatoms. The highest BCUT2D eigenvalue weighted by atomic mass is 16.4. The second-order valence-corrected chi connectivity index (χ2v) is 6.02. The van der Waals surface area contributed by atoms with Crippen LogP contribution in [-0.2, 0) is 0 Å². The number of hydrogen-bond donors (Lipinski definition) is 2. The van der Waals surface area contributed by atoms with E-state index in [2.05, 4.69) is 28.2 Å². The Hall–Kier alpha value is -3.40. The summed E-state index contributed by atoms with van der Waals surface area (Å²) in [4.78, 5) is 18.9. The molecular formula is C21H16N2O2. The number of aromatic carboxylic acids is 1. The van der Waals surface area contributed by atoms with Gasteiger partial charge in [0.15, 0.2) is 0 Å². The zero-order valence-electron chi connectivity index (χ0n) is 13.7. The van der Waals surface area contributed by atoms with E-state index in [4.69, 9.17) is 0 Å². The van der Waals surface area contributed by atoms with E-state index in [0.717, 1.165) is 38.9 Å². The number of carboxylic acid groups (broad SMARTS) is 1. The third-order valence-corrected chi connectivity index (χ3v) is 4.41. The molecule has 0 aliphatic carbocycles. The zero-order chi connectivity index (χ0) is 17.4. The molecule has 0 aliphatic rings. The van der Waals surface area contributed by atoms with Crippen molar-refractivity contribution in [2.24, 2.45) is 0 Å². The van der Waals surface area contributed by atoms with E-state index in [-0.39, 0.29) is 0 Å². The van der Waals surface area contributed by atoms with Crippen molar-refractivity contribution in [2.75, 3.05) is 0 Å². The summed E-state index contributed by atoms with van der Waals surface area (Å²) >= 11 is 0. The van der Waals surface area contributed by atoms with E-state index in [1.54, 1.807) is 6.07 Å². The smallest absolute Gasteiger partial charge is 0.335 e. The molecule has 0 atom stereocenters. The Morgan fingerprint density at radius 3 is 2.52 bits per heavy atom. The minimum absolute atomic E-state index is 0.326. The Morgan fingerprint density at radius 2 is 1.80 bits per heavy atom. The Kier molecular flexibility index (Phi) is 3.58. The van der Waals surface area contributed by atoms with Gasteiger partial charge in [-0.1, -0.05) is 42.5 Å². The summed E-state index contributed by atoms with van der Waals surface area (Å²) in [6, 6.07) is 17.6. The van der Waals surface area contributed by atoms with Crippen LogP contribution in [0.4, 0.5) is 0 Å². The first-order valence-electron chi connectivity index (χ1n) is 8.00. The molecule has 4 rings (SSSR count). The maximum atomic E-state index is 11.2. The van der Waals surface area contributed by atoms with Crippen LogP contribution in [0.2, 0.25) is 0 Å². The van der Waals surface area contributed by atoms with E-state index >= 15 is 0 Å². The number of pyridine rings is 1. The van der Waals surface area contributed by atoms with Gasteiger partial charge in [0.1, 0.15) is 5.65 Å². The summed E-state index contributed by atoms with van der Waals surface area (Å²) in [5, 5.41) is 10.2. The molecule has 2 N–H and O–H groups in total. The van der Waals surface area contributed by atoms with Crippen molar-refractivity contribution in [3.8, 4) is 22.3 Å². The topological polar surface area (TPSA) is 66.0 Å². The molecule has 0 unspecified atom stereocenters. The molecule has 0 saturated carbocycles. The molecule has 2 heterocycles. The molecule has 25 heavy (non-hydrogen) atoms. The number of aryl methyl sites for hydroxylation is 1. The van der Waals surface area contributed by atoms with Crippen LogP contribution in [-0.4, -0.2) is 21.0 Å². The molecule has 2 aromatic heterocycles. The van der Waals surface area contributed by atoms with Crippen LogP contribution in [0.3, 0.4) is 0 Å². The number of benzene rings is 2. The maximum Gasteiger partial charge on any atom is 0.335 e. The van der Waals surface area contributed by atoms with Gasteiger partial charge in [0.05, 0.1) is 5.56 Å². The van der Waals surface area contributed by atoms with Crippen molar-refractivity contribution in [2.45, 2.75) is 6.92 Å². The van der Waals surface area contributed by atoms with Gasteiger partial charge in [0.25, 0.3) is 0 Å². The number of carboxylic acids is 1. The van der Waals surface area contributed by atoms with Crippen LogP contribution in [0.1, 0.15) is 15.9 Å². The Bertz CT molecular complexity index is 1080. The normalized spacial score (nSPS) is 10.9. The van der Waals surface area contributed by atoms with Gasteiger partial charge in [-0.25, -0.2) is 9.78 Å². The zero-order valence-corrected chi connectivity index (χ0v) is 13.7. The molecule has 4 aromatic rings. The van der Waals surface area contributed by atoms with Gasteiger partial charge in [0.2, 0.25) is 0 Å². The molecule has 0 aliphatic heterocycles. The van der Waals surface area contributed by atoms with E-state index in [1.807, 2.05) is 49.6 Å². The van der Waals surface area contributed by atoms with Crippen LogP contribution in [0, 0.1) is 6.92 Å². The van der Waals surface area contributed by atoms with Crippen molar-refractivity contribution >= 4 is 17.0 Å². The second kappa shape index (κ2) is 5.91. The number of aromatic nitrogens is 2. The summed E-state index contributed by atoms with van der Waals surface area (Å²) in [7, 11) is 0. The largest absolute Gasteiger partial charge is 0.478 e. The average Bonchev–Trinajstić information content (AvgIpc) is 3.05. The van der Waals surface area contributed by atoms with Gasteiger partial charge in [-0.2, -0.15) is 0 Å². The first-order chi connectivity index (χ1) is 12.1. The van der Waals surface area contributed by atoms with Crippen molar-refractivity contribution in [1.29, 1.82) is 0 Å². The van der Waals surface area contributed by atoms with Crippen molar-refractivity contribution < 1.29 is 9.90 Å². The third kappa shape index (κ3) is 2.68. The van der Waals surface area contributed by atoms with Gasteiger partial charge in [-0.15, -0.1) is 0 Å². The predicted octanol–water partition coefficient (Wildman–Crippen LogP) is 4.90. The van der Waals surface area contributed by atoms with Gasteiger partial charge < -0.3 is 10.1 Å². The number of fused-ring (bicyclic) bond motifs is 1. The minimum Gasteiger partial charge on any atom is -0.478 e. The monoisotopic (exact) mass is 328 g/mol. The lowest BCUT2D eigenvalue weighted by atomic mass is 9.99.